The van der Waals surface area contributed by atoms with E-state index in [4.69, 9.17) is 0 Å². The van der Waals surface area contributed by atoms with Crippen molar-refractivity contribution in [1.82, 2.24) is 15.2 Å². The molecule has 1 fully saturated rings. The number of carbonyl (C=O) groups excluding carboxylic acids is 1. The van der Waals surface area contributed by atoms with E-state index in [1.165, 1.54) is 0 Å². The summed E-state index contributed by atoms with van der Waals surface area (Å²) in [5.74, 6) is 0.0447. The molecule has 2 unspecified atom stereocenters. The summed E-state index contributed by atoms with van der Waals surface area (Å²) in [6.07, 6.45) is 1.68. The zero-order valence-electron chi connectivity index (χ0n) is 10.6. The van der Waals surface area contributed by atoms with E-state index >= 15 is 0 Å². The molecule has 0 aromatic carbocycles. The topological polar surface area (TPSA) is 45.2 Å². The maximum absolute atomic E-state index is 12.3. The summed E-state index contributed by atoms with van der Waals surface area (Å²) in [6, 6.07) is 4.46. The van der Waals surface area contributed by atoms with Gasteiger partial charge in [-0.05, 0) is 32.4 Å². The predicted octanol–water partition coefficient (Wildman–Crippen LogP) is 1.21. The first-order valence-electron chi connectivity index (χ1n) is 6.05. The molecule has 2 heterocycles. The van der Waals surface area contributed by atoms with Gasteiger partial charge in [0.1, 0.15) is 5.69 Å². The molecule has 1 saturated heterocycles. The first kappa shape index (κ1) is 12.0. The zero-order chi connectivity index (χ0) is 12.4. The molecule has 1 aromatic rings. The summed E-state index contributed by atoms with van der Waals surface area (Å²) in [4.78, 5) is 18.4. The van der Waals surface area contributed by atoms with Crippen molar-refractivity contribution < 1.29 is 4.79 Å². The molecule has 4 heteroatoms. The lowest BCUT2D eigenvalue weighted by atomic mass is 10.1. The first-order chi connectivity index (χ1) is 8.08. The van der Waals surface area contributed by atoms with Crippen LogP contribution >= 0.6 is 0 Å². The standard InChI is InChI=1S/C13H19N3O/c1-9-5-4-6-14-12(9)13(17)16-7-10(2)15-11(3)8-16/h4-6,10-11,15H,7-8H2,1-3H3. The van der Waals surface area contributed by atoms with Crippen molar-refractivity contribution >= 4 is 5.91 Å². The lowest BCUT2D eigenvalue weighted by molar-refractivity contribution is 0.0667. The quantitative estimate of drug-likeness (QED) is 0.793. The van der Waals surface area contributed by atoms with Gasteiger partial charge in [0.15, 0.2) is 0 Å². The van der Waals surface area contributed by atoms with Gasteiger partial charge in [0.25, 0.3) is 5.91 Å². The molecule has 1 aliphatic heterocycles. The molecule has 17 heavy (non-hydrogen) atoms. The minimum Gasteiger partial charge on any atom is -0.334 e. The molecule has 92 valence electrons. The molecule has 0 aliphatic carbocycles. The number of carbonyl (C=O) groups is 1. The third kappa shape index (κ3) is 2.64. The van der Waals surface area contributed by atoms with Crippen LogP contribution < -0.4 is 5.32 Å². The van der Waals surface area contributed by atoms with Gasteiger partial charge >= 0.3 is 0 Å². The summed E-state index contributed by atoms with van der Waals surface area (Å²) >= 11 is 0. The maximum atomic E-state index is 12.3. The lowest BCUT2D eigenvalue weighted by Gasteiger charge is -2.36. The molecule has 1 amide bonds. The van der Waals surface area contributed by atoms with Gasteiger partial charge in [-0.3, -0.25) is 9.78 Å². The van der Waals surface area contributed by atoms with Gasteiger partial charge in [0.05, 0.1) is 0 Å². The fraction of sp³-hybridized carbons (Fsp3) is 0.538. The molecule has 0 spiro atoms. The highest BCUT2D eigenvalue weighted by molar-refractivity contribution is 5.93. The largest absolute Gasteiger partial charge is 0.334 e. The second-order valence-corrected chi connectivity index (χ2v) is 4.85. The number of nitrogens with zero attached hydrogens (tertiary/aromatic N) is 2. The van der Waals surface area contributed by atoms with Gasteiger partial charge in [-0.25, -0.2) is 0 Å². The predicted molar refractivity (Wildman–Crippen MR) is 66.9 cm³/mol. The summed E-state index contributed by atoms with van der Waals surface area (Å²) < 4.78 is 0. The highest BCUT2D eigenvalue weighted by Gasteiger charge is 2.26. The van der Waals surface area contributed by atoms with E-state index in [-0.39, 0.29) is 5.91 Å². The molecule has 2 rings (SSSR count). The van der Waals surface area contributed by atoms with E-state index in [0.717, 1.165) is 18.7 Å². The van der Waals surface area contributed by atoms with Gasteiger partial charge in [-0.15, -0.1) is 0 Å². The van der Waals surface area contributed by atoms with Crippen LogP contribution in [0.25, 0.3) is 0 Å². The smallest absolute Gasteiger partial charge is 0.272 e. The van der Waals surface area contributed by atoms with Crippen LogP contribution in [0.3, 0.4) is 0 Å². The Balaban J connectivity index is 2.17. The van der Waals surface area contributed by atoms with E-state index in [1.807, 2.05) is 24.0 Å². The van der Waals surface area contributed by atoms with Gasteiger partial charge in [0, 0.05) is 31.4 Å². The zero-order valence-corrected chi connectivity index (χ0v) is 10.6. The van der Waals surface area contributed by atoms with Crippen molar-refractivity contribution in [2.45, 2.75) is 32.9 Å². The number of hydrogen-bond donors (Lipinski definition) is 1. The summed E-state index contributed by atoms with van der Waals surface area (Å²) in [5, 5.41) is 3.42. The highest BCUT2D eigenvalue weighted by Crippen LogP contribution is 2.11. The SMILES string of the molecule is Cc1cccnc1C(=O)N1CC(C)NC(C)C1. The van der Waals surface area contributed by atoms with Crippen molar-refractivity contribution in [1.29, 1.82) is 0 Å². The Morgan fingerprint density at radius 1 is 1.41 bits per heavy atom. The van der Waals surface area contributed by atoms with Crippen LogP contribution in [0.15, 0.2) is 18.3 Å². The number of amides is 1. The van der Waals surface area contributed by atoms with Crippen molar-refractivity contribution in [2.75, 3.05) is 13.1 Å². The van der Waals surface area contributed by atoms with E-state index in [1.54, 1.807) is 6.20 Å². The Kier molecular flexibility index (Phi) is 3.43. The summed E-state index contributed by atoms with van der Waals surface area (Å²) in [7, 11) is 0. The number of rotatable bonds is 1. The molecular weight excluding hydrogens is 214 g/mol. The fourth-order valence-electron chi connectivity index (χ4n) is 2.35. The monoisotopic (exact) mass is 233 g/mol. The van der Waals surface area contributed by atoms with Crippen molar-refractivity contribution in [3.8, 4) is 0 Å². The molecule has 2 atom stereocenters. The average Bonchev–Trinajstić information content (AvgIpc) is 2.27. The van der Waals surface area contributed by atoms with E-state index < -0.39 is 0 Å². The Bertz CT molecular complexity index is 409. The van der Waals surface area contributed by atoms with Crippen LogP contribution in [0, 0.1) is 6.92 Å². The van der Waals surface area contributed by atoms with Gasteiger partial charge in [-0.1, -0.05) is 6.07 Å². The summed E-state index contributed by atoms with van der Waals surface area (Å²) in [5.41, 5.74) is 1.52. The van der Waals surface area contributed by atoms with Crippen LogP contribution in [0.4, 0.5) is 0 Å². The second kappa shape index (κ2) is 4.84. The third-order valence-corrected chi connectivity index (χ3v) is 3.06. The molecular formula is C13H19N3O. The molecule has 0 saturated carbocycles. The van der Waals surface area contributed by atoms with Crippen LogP contribution in [-0.4, -0.2) is 41.0 Å². The summed E-state index contributed by atoms with van der Waals surface area (Å²) in [6.45, 7) is 7.62. The van der Waals surface area contributed by atoms with Gasteiger partial charge in [0.2, 0.25) is 0 Å². The van der Waals surface area contributed by atoms with Crippen molar-refractivity contribution in [2.24, 2.45) is 0 Å². The molecule has 0 bridgehead atoms. The number of pyridine rings is 1. The Labute approximate surface area is 102 Å². The van der Waals surface area contributed by atoms with E-state index in [9.17, 15) is 4.79 Å². The third-order valence-electron chi connectivity index (χ3n) is 3.06. The van der Waals surface area contributed by atoms with Crippen LogP contribution in [0.2, 0.25) is 0 Å². The number of aromatic nitrogens is 1. The number of piperazine rings is 1. The Morgan fingerprint density at radius 3 is 2.65 bits per heavy atom. The van der Waals surface area contributed by atoms with Gasteiger partial charge < -0.3 is 10.2 Å². The normalized spacial score (nSPS) is 24.8. The molecule has 1 N–H and O–H groups in total. The highest BCUT2D eigenvalue weighted by atomic mass is 16.2. The Morgan fingerprint density at radius 2 is 2.06 bits per heavy atom. The molecule has 4 nitrogen and oxygen atoms in total. The van der Waals surface area contributed by atoms with E-state index in [0.29, 0.717) is 17.8 Å². The lowest BCUT2D eigenvalue weighted by Crippen LogP contribution is -2.56. The van der Waals surface area contributed by atoms with Crippen molar-refractivity contribution in [3.63, 3.8) is 0 Å². The average molecular weight is 233 g/mol. The fourth-order valence-corrected chi connectivity index (χ4v) is 2.35. The Hall–Kier alpha value is -1.42. The van der Waals surface area contributed by atoms with Crippen LogP contribution in [-0.2, 0) is 0 Å². The van der Waals surface area contributed by atoms with E-state index in [2.05, 4.69) is 24.1 Å². The number of hydrogen-bond acceptors (Lipinski definition) is 3. The number of nitrogens with one attached hydrogen (secondary N) is 1. The number of aryl methyl sites for hydroxylation is 1. The first-order valence-corrected chi connectivity index (χ1v) is 6.05. The van der Waals surface area contributed by atoms with Crippen LogP contribution in [0.1, 0.15) is 29.9 Å². The minimum absolute atomic E-state index is 0.0447. The molecule has 1 aliphatic rings. The second-order valence-electron chi connectivity index (χ2n) is 4.85. The molecule has 0 radical (unpaired) electrons. The van der Waals surface area contributed by atoms with Crippen molar-refractivity contribution in [3.05, 3.63) is 29.6 Å². The minimum atomic E-state index is 0.0447. The van der Waals surface area contributed by atoms with Gasteiger partial charge in [-0.2, -0.15) is 0 Å². The maximum Gasteiger partial charge on any atom is 0.272 e. The molecule has 1 aromatic heterocycles. The van der Waals surface area contributed by atoms with Crippen LogP contribution in [0.5, 0.6) is 0 Å².